The number of thioether (sulfide) groups is 1. The average molecular weight is 427 g/mol. The van der Waals surface area contributed by atoms with Gasteiger partial charge in [-0.05, 0) is 62.9 Å². The van der Waals surface area contributed by atoms with Crippen molar-refractivity contribution in [1.82, 2.24) is 9.55 Å². The van der Waals surface area contributed by atoms with E-state index in [2.05, 4.69) is 4.98 Å². The quantitative estimate of drug-likeness (QED) is 0.384. The number of halogens is 1. The molecule has 0 radical (unpaired) electrons. The molecule has 0 bridgehead atoms. The molecule has 0 aliphatic rings. The number of fused-ring (bicyclic) bond motifs is 2. The van der Waals surface area contributed by atoms with E-state index in [1.165, 1.54) is 16.7 Å². The lowest BCUT2D eigenvalue weighted by Gasteiger charge is -2.19. The van der Waals surface area contributed by atoms with Crippen LogP contribution in [0.3, 0.4) is 0 Å². The number of ether oxygens (including phenoxy) is 1. The largest absolute Gasteiger partial charge is 0.443 e. The fourth-order valence-electron chi connectivity index (χ4n) is 3.33. The number of aromatic nitrogens is 2. The molecule has 0 amide bonds. The zero-order valence-electron chi connectivity index (χ0n) is 17.4. The van der Waals surface area contributed by atoms with Gasteiger partial charge in [-0.3, -0.25) is 4.57 Å². The Morgan fingerprint density at radius 1 is 1.23 bits per heavy atom. The van der Waals surface area contributed by atoms with Gasteiger partial charge in [0, 0.05) is 29.3 Å². The SMILES string of the molecule is CSCCc1nc2cc(-c3cn(C(=O)OC(C)(C)C)c4cc(F)ccc34)ccc2o1. The molecule has 0 saturated heterocycles. The Kier molecular flexibility index (Phi) is 5.32. The van der Waals surface area contributed by atoms with Gasteiger partial charge in [0.2, 0.25) is 0 Å². The van der Waals surface area contributed by atoms with Crippen LogP contribution in [0, 0.1) is 5.82 Å². The molecule has 30 heavy (non-hydrogen) atoms. The number of hydrogen-bond donors (Lipinski definition) is 0. The fraction of sp³-hybridized carbons (Fsp3) is 0.304. The molecular weight excluding hydrogens is 403 g/mol. The molecule has 4 rings (SSSR count). The second-order valence-electron chi connectivity index (χ2n) is 8.09. The van der Waals surface area contributed by atoms with E-state index in [1.54, 1.807) is 44.8 Å². The number of hydrogen-bond acceptors (Lipinski definition) is 5. The standard InChI is InChI=1S/C23H23FN2O3S/c1-23(2,3)29-22(27)26-13-17(16-7-6-15(24)12-19(16)26)14-5-8-20-18(11-14)25-21(28-20)9-10-30-4/h5-8,11-13H,9-10H2,1-4H3. The first-order valence-electron chi connectivity index (χ1n) is 9.68. The summed E-state index contributed by atoms with van der Waals surface area (Å²) < 4.78 is 26.6. The Balaban J connectivity index is 1.81. The van der Waals surface area contributed by atoms with Gasteiger partial charge in [-0.25, -0.2) is 14.2 Å². The van der Waals surface area contributed by atoms with Gasteiger partial charge >= 0.3 is 6.09 Å². The maximum absolute atomic E-state index is 14.0. The van der Waals surface area contributed by atoms with Gasteiger partial charge in [0.1, 0.15) is 16.9 Å². The van der Waals surface area contributed by atoms with Gasteiger partial charge in [0.25, 0.3) is 0 Å². The molecule has 2 heterocycles. The Hall–Kier alpha value is -2.80. The Labute approximate surface area is 178 Å². The summed E-state index contributed by atoms with van der Waals surface area (Å²) in [4.78, 5) is 17.3. The van der Waals surface area contributed by atoms with E-state index in [-0.39, 0.29) is 0 Å². The molecule has 0 unspecified atom stereocenters. The molecule has 0 aliphatic carbocycles. The average Bonchev–Trinajstić information content (AvgIpc) is 3.25. The summed E-state index contributed by atoms with van der Waals surface area (Å²) in [7, 11) is 0. The van der Waals surface area contributed by atoms with Crippen LogP contribution in [0.1, 0.15) is 26.7 Å². The van der Waals surface area contributed by atoms with Gasteiger partial charge < -0.3 is 9.15 Å². The Morgan fingerprint density at radius 3 is 2.77 bits per heavy atom. The number of nitrogens with zero attached hydrogens (tertiary/aromatic N) is 2. The molecule has 2 aromatic heterocycles. The maximum atomic E-state index is 14.0. The van der Waals surface area contributed by atoms with Crippen molar-refractivity contribution in [2.75, 3.05) is 12.0 Å². The lowest BCUT2D eigenvalue weighted by atomic mass is 10.0. The van der Waals surface area contributed by atoms with Crippen LogP contribution in [0.25, 0.3) is 33.1 Å². The summed E-state index contributed by atoms with van der Waals surface area (Å²) in [5, 5.41) is 0.757. The molecule has 0 atom stereocenters. The molecule has 0 saturated carbocycles. The van der Waals surface area contributed by atoms with E-state index < -0.39 is 17.5 Å². The van der Waals surface area contributed by atoms with E-state index in [0.29, 0.717) is 11.4 Å². The molecule has 7 heteroatoms. The number of benzene rings is 2. The first-order valence-corrected chi connectivity index (χ1v) is 11.1. The van der Waals surface area contributed by atoms with E-state index in [9.17, 15) is 9.18 Å². The van der Waals surface area contributed by atoms with Crippen LogP contribution in [0.5, 0.6) is 0 Å². The van der Waals surface area contributed by atoms with Crippen molar-refractivity contribution in [3.05, 3.63) is 54.3 Å². The molecule has 2 aromatic carbocycles. The number of oxazole rings is 1. The highest BCUT2D eigenvalue weighted by molar-refractivity contribution is 7.98. The molecule has 0 fully saturated rings. The van der Waals surface area contributed by atoms with E-state index in [4.69, 9.17) is 9.15 Å². The van der Waals surface area contributed by atoms with Gasteiger partial charge in [0.15, 0.2) is 11.5 Å². The summed E-state index contributed by atoms with van der Waals surface area (Å²) in [6.45, 7) is 5.39. The van der Waals surface area contributed by atoms with Crippen molar-refractivity contribution in [2.24, 2.45) is 0 Å². The van der Waals surface area contributed by atoms with E-state index >= 15 is 0 Å². The Morgan fingerprint density at radius 2 is 2.03 bits per heavy atom. The zero-order chi connectivity index (χ0) is 21.5. The minimum Gasteiger partial charge on any atom is -0.443 e. The summed E-state index contributed by atoms with van der Waals surface area (Å²) in [5.74, 6) is 1.23. The molecule has 0 N–H and O–H groups in total. The third-order valence-electron chi connectivity index (χ3n) is 4.62. The van der Waals surface area contributed by atoms with Crippen LogP contribution in [-0.2, 0) is 11.2 Å². The van der Waals surface area contributed by atoms with E-state index in [0.717, 1.165) is 39.8 Å². The zero-order valence-corrected chi connectivity index (χ0v) is 18.2. The van der Waals surface area contributed by atoms with Crippen molar-refractivity contribution in [3.8, 4) is 11.1 Å². The third-order valence-corrected chi connectivity index (χ3v) is 5.23. The predicted molar refractivity (Wildman–Crippen MR) is 119 cm³/mol. The van der Waals surface area contributed by atoms with Crippen LogP contribution < -0.4 is 0 Å². The van der Waals surface area contributed by atoms with Crippen molar-refractivity contribution >= 4 is 39.9 Å². The van der Waals surface area contributed by atoms with Crippen LogP contribution in [0.4, 0.5) is 9.18 Å². The number of rotatable bonds is 4. The smallest absolute Gasteiger partial charge is 0.419 e. The highest BCUT2D eigenvalue weighted by atomic mass is 32.2. The van der Waals surface area contributed by atoms with Gasteiger partial charge in [0.05, 0.1) is 5.52 Å². The topological polar surface area (TPSA) is 57.3 Å². The van der Waals surface area contributed by atoms with E-state index in [1.807, 2.05) is 24.5 Å². The lowest BCUT2D eigenvalue weighted by Crippen LogP contribution is -2.26. The van der Waals surface area contributed by atoms with Crippen LogP contribution in [0.15, 0.2) is 47.0 Å². The monoisotopic (exact) mass is 426 g/mol. The lowest BCUT2D eigenvalue weighted by molar-refractivity contribution is 0.0544. The van der Waals surface area contributed by atoms with Crippen LogP contribution >= 0.6 is 11.8 Å². The molecule has 156 valence electrons. The summed E-state index contributed by atoms with van der Waals surface area (Å²) >= 11 is 1.74. The highest BCUT2D eigenvalue weighted by Gasteiger charge is 2.22. The number of aryl methyl sites for hydroxylation is 1. The second kappa shape index (κ2) is 7.80. The minimum atomic E-state index is -0.659. The van der Waals surface area contributed by atoms with Crippen LogP contribution in [-0.4, -0.2) is 33.3 Å². The summed E-state index contributed by atoms with van der Waals surface area (Å²) in [6.07, 6.45) is 3.95. The van der Waals surface area contributed by atoms with Gasteiger partial charge in [-0.2, -0.15) is 11.8 Å². The third kappa shape index (κ3) is 4.07. The van der Waals surface area contributed by atoms with Crippen molar-refractivity contribution < 1.29 is 18.3 Å². The van der Waals surface area contributed by atoms with Crippen molar-refractivity contribution in [3.63, 3.8) is 0 Å². The molecular formula is C23H23FN2O3S. The van der Waals surface area contributed by atoms with Crippen molar-refractivity contribution in [1.29, 1.82) is 0 Å². The molecule has 0 aliphatic heterocycles. The summed E-state index contributed by atoms with van der Waals surface area (Å²) in [5.41, 5.74) is 2.94. The van der Waals surface area contributed by atoms with Crippen molar-refractivity contribution in [2.45, 2.75) is 32.8 Å². The highest BCUT2D eigenvalue weighted by Crippen LogP contribution is 2.33. The second-order valence-corrected chi connectivity index (χ2v) is 9.07. The first-order chi connectivity index (χ1) is 14.2. The predicted octanol–water partition coefficient (Wildman–Crippen LogP) is 6.28. The molecule has 0 spiro atoms. The first kappa shape index (κ1) is 20.5. The molecule has 5 nitrogen and oxygen atoms in total. The van der Waals surface area contributed by atoms with Gasteiger partial charge in [-0.1, -0.05) is 6.07 Å². The van der Waals surface area contributed by atoms with Gasteiger partial charge in [-0.15, -0.1) is 0 Å². The molecule has 4 aromatic rings. The minimum absolute atomic E-state index is 0.414. The van der Waals surface area contributed by atoms with Crippen LogP contribution in [0.2, 0.25) is 0 Å². The fourth-order valence-corrected chi connectivity index (χ4v) is 3.71. The number of carbonyl (C=O) groups is 1. The Bertz CT molecular complexity index is 1240. The summed E-state index contributed by atoms with van der Waals surface area (Å²) in [6, 6.07) is 10.1. The number of carbonyl (C=O) groups excluding carboxylic acids is 1. The maximum Gasteiger partial charge on any atom is 0.419 e. The normalized spacial score (nSPS) is 12.0.